The van der Waals surface area contributed by atoms with Gasteiger partial charge in [-0.1, -0.05) is 23.9 Å². The standard InChI is InChI=1S/C19H19F2N5O4S/c1-11(17(28)23-12-5-2-3-6-13(12)30-18(20)21)31-19-25-24-16(14-7-4-10-29-14)26(19)9-8-15(22)27/h2-7,10-11,18H,8-9H2,1H3,(H2,22,27)(H,23,28). The third-order valence-corrected chi connectivity index (χ3v) is 5.13. The second-order valence-corrected chi connectivity index (χ2v) is 7.58. The molecule has 1 atom stereocenters. The lowest BCUT2D eigenvalue weighted by molar-refractivity contribution is -0.118. The van der Waals surface area contributed by atoms with Crippen molar-refractivity contribution in [3.63, 3.8) is 0 Å². The normalized spacial score (nSPS) is 12.0. The first-order chi connectivity index (χ1) is 14.8. The van der Waals surface area contributed by atoms with Gasteiger partial charge in [0.15, 0.2) is 16.7 Å². The molecule has 0 radical (unpaired) electrons. The van der Waals surface area contributed by atoms with E-state index in [1.165, 1.54) is 24.5 Å². The van der Waals surface area contributed by atoms with E-state index in [4.69, 9.17) is 10.2 Å². The fourth-order valence-corrected chi connectivity index (χ4v) is 3.48. The van der Waals surface area contributed by atoms with Crippen LogP contribution in [0.5, 0.6) is 5.75 Å². The molecule has 0 saturated heterocycles. The number of anilines is 1. The van der Waals surface area contributed by atoms with Crippen molar-refractivity contribution in [1.29, 1.82) is 0 Å². The average Bonchev–Trinajstić information content (AvgIpc) is 3.37. The van der Waals surface area contributed by atoms with Crippen LogP contribution >= 0.6 is 11.8 Å². The zero-order valence-corrected chi connectivity index (χ0v) is 17.1. The lowest BCUT2D eigenvalue weighted by atomic mass is 10.3. The summed E-state index contributed by atoms with van der Waals surface area (Å²) in [5, 5.41) is 10.4. The summed E-state index contributed by atoms with van der Waals surface area (Å²) >= 11 is 1.08. The summed E-state index contributed by atoms with van der Waals surface area (Å²) in [5.41, 5.74) is 5.38. The van der Waals surface area contributed by atoms with E-state index in [0.29, 0.717) is 16.7 Å². The van der Waals surface area contributed by atoms with Gasteiger partial charge in [-0.15, -0.1) is 10.2 Å². The van der Waals surface area contributed by atoms with E-state index in [-0.39, 0.29) is 24.4 Å². The minimum absolute atomic E-state index is 0.0399. The average molecular weight is 451 g/mol. The maximum atomic E-state index is 12.6. The van der Waals surface area contributed by atoms with E-state index in [1.54, 1.807) is 29.7 Å². The lowest BCUT2D eigenvalue weighted by Gasteiger charge is -2.15. The van der Waals surface area contributed by atoms with Gasteiger partial charge in [-0.2, -0.15) is 8.78 Å². The molecule has 164 valence electrons. The summed E-state index contributed by atoms with van der Waals surface area (Å²) in [6, 6.07) is 9.26. The minimum Gasteiger partial charge on any atom is -0.461 e. The third-order valence-electron chi connectivity index (χ3n) is 4.05. The molecule has 3 N–H and O–H groups in total. The Balaban J connectivity index is 1.76. The van der Waals surface area contributed by atoms with Crippen LogP contribution in [-0.4, -0.2) is 38.4 Å². The molecule has 0 saturated carbocycles. The van der Waals surface area contributed by atoms with E-state index >= 15 is 0 Å². The number of ether oxygens (including phenoxy) is 1. The van der Waals surface area contributed by atoms with Crippen molar-refractivity contribution in [2.24, 2.45) is 5.73 Å². The highest BCUT2D eigenvalue weighted by Gasteiger charge is 2.23. The number of hydrogen-bond donors (Lipinski definition) is 2. The first-order valence-electron chi connectivity index (χ1n) is 9.12. The predicted molar refractivity (Wildman–Crippen MR) is 109 cm³/mol. The molecule has 0 spiro atoms. The van der Waals surface area contributed by atoms with E-state index < -0.39 is 23.7 Å². The van der Waals surface area contributed by atoms with Crippen molar-refractivity contribution in [1.82, 2.24) is 14.8 Å². The van der Waals surface area contributed by atoms with Gasteiger partial charge in [0.25, 0.3) is 0 Å². The zero-order valence-electron chi connectivity index (χ0n) is 16.3. The van der Waals surface area contributed by atoms with Gasteiger partial charge < -0.3 is 20.2 Å². The number of nitrogens with zero attached hydrogens (tertiary/aromatic N) is 3. The molecule has 0 bridgehead atoms. The molecule has 2 amide bonds. The number of benzene rings is 1. The molecule has 3 aromatic rings. The fraction of sp³-hybridized carbons (Fsp3) is 0.263. The number of aromatic nitrogens is 3. The highest BCUT2D eigenvalue weighted by molar-refractivity contribution is 8.00. The molecule has 9 nitrogen and oxygen atoms in total. The molecular weight excluding hydrogens is 432 g/mol. The molecule has 3 rings (SSSR count). The van der Waals surface area contributed by atoms with Crippen molar-refractivity contribution < 1.29 is 27.5 Å². The van der Waals surface area contributed by atoms with E-state index in [0.717, 1.165) is 11.8 Å². The number of carbonyl (C=O) groups excluding carboxylic acids is 2. The molecule has 12 heteroatoms. The number of furan rings is 1. The van der Waals surface area contributed by atoms with Crippen molar-refractivity contribution in [3.05, 3.63) is 42.7 Å². The monoisotopic (exact) mass is 451 g/mol. The van der Waals surface area contributed by atoms with Gasteiger partial charge in [0, 0.05) is 13.0 Å². The Morgan fingerprint density at radius 1 is 1.26 bits per heavy atom. The Labute approximate surface area is 180 Å². The topological polar surface area (TPSA) is 125 Å². The number of nitrogens with one attached hydrogen (secondary N) is 1. The second kappa shape index (κ2) is 10.1. The van der Waals surface area contributed by atoms with Crippen molar-refractivity contribution in [2.45, 2.75) is 36.9 Å². The zero-order chi connectivity index (χ0) is 22.4. The summed E-state index contributed by atoms with van der Waals surface area (Å²) in [7, 11) is 0. The van der Waals surface area contributed by atoms with Crippen LogP contribution in [0, 0.1) is 0 Å². The maximum absolute atomic E-state index is 12.6. The number of alkyl halides is 2. The summed E-state index contributed by atoms with van der Waals surface area (Å²) in [6.07, 6.45) is 1.52. The van der Waals surface area contributed by atoms with E-state index in [9.17, 15) is 18.4 Å². The van der Waals surface area contributed by atoms with Crippen LogP contribution in [0.1, 0.15) is 13.3 Å². The van der Waals surface area contributed by atoms with E-state index in [1.807, 2.05) is 0 Å². The molecule has 2 heterocycles. The van der Waals surface area contributed by atoms with Gasteiger partial charge in [-0.25, -0.2) is 0 Å². The Kier molecular flexibility index (Phi) is 7.23. The summed E-state index contributed by atoms with van der Waals surface area (Å²) < 4.78 is 36.6. The van der Waals surface area contributed by atoms with Crippen LogP contribution in [0.3, 0.4) is 0 Å². The molecule has 0 aliphatic carbocycles. The SMILES string of the molecule is CC(Sc1nnc(-c2ccco2)n1CCC(N)=O)C(=O)Nc1ccccc1OC(F)F. The number of halogens is 2. The fourth-order valence-electron chi connectivity index (χ4n) is 2.60. The predicted octanol–water partition coefficient (Wildman–Crippen LogP) is 3.13. The molecule has 1 unspecified atom stereocenters. The lowest BCUT2D eigenvalue weighted by Crippen LogP contribution is -2.23. The van der Waals surface area contributed by atoms with E-state index in [2.05, 4.69) is 20.3 Å². The number of nitrogens with two attached hydrogens (primary N) is 1. The number of thioether (sulfide) groups is 1. The van der Waals surface area contributed by atoms with Crippen LogP contribution in [-0.2, 0) is 16.1 Å². The Morgan fingerprint density at radius 2 is 2.03 bits per heavy atom. The first kappa shape index (κ1) is 22.3. The van der Waals surface area contributed by atoms with Crippen molar-refractivity contribution in [3.8, 4) is 17.3 Å². The largest absolute Gasteiger partial charge is 0.461 e. The van der Waals surface area contributed by atoms with Crippen LogP contribution in [0.4, 0.5) is 14.5 Å². The van der Waals surface area contributed by atoms with Crippen molar-refractivity contribution >= 4 is 29.3 Å². The molecule has 1 aromatic carbocycles. The highest BCUT2D eigenvalue weighted by Crippen LogP contribution is 2.30. The Bertz CT molecular complexity index is 1040. The van der Waals surface area contributed by atoms with Crippen LogP contribution in [0.15, 0.2) is 52.2 Å². The molecule has 0 aliphatic heterocycles. The van der Waals surface area contributed by atoms with Crippen LogP contribution < -0.4 is 15.8 Å². The Hall–Kier alpha value is -3.41. The van der Waals surface area contributed by atoms with Gasteiger partial charge >= 0.3 is 6.61 Å². The summed E-state index contributed by atoms with van der Waals surface area (Å²) in [6.45, 7) is -1.20. The second-order valence-electron chi connectivity index (χ2n) is 6.28. The quantitative estimate of drug-likeness (QED) is 0.454. The van der Waals surface area contributed by atoms with Gasteiger partial charge in [0.2, 0.25) is 11.8 Å². The molecular formula is C19H19F2N5O4S. The number of hydrogen-bond acceptors (Lipinski definition) is 7. The molecule has 2 aromatic heterocycles. The molecule has 0 aliphatic rings. The van der Waals surface area contributed by atoms with Gasteiger partial charge in [0.05, 0.1) is 17.2 Å². The number of primary amides is 1. The van der Waals surface area contributed by atoms with Gasteiger partial charge in [-0.3, -0.25) is 14.2 Å². The van der Waals surface area contributed by atoms with Crippen LogP contribution in [0.25, 0.3) is 11.6 Å². The molecule has 0 fully saturated rings. The maximum Gasteiger partial charge on any atom is 0.387 e. The van der Waals surface area contributed by atoms with Gasteiger partial charge in [-0.05, 0) is 31.2 Å². The number of para-hydroxylation sites is 2. The summed E-state index contributed by atoms with van der Waals surface area (Å²) in [5.74, 6) is -0.278. The summed E-state index contributed by atoms with van der Waals surface area (Å²) in [4.78, 5) is 23.9. The minimum atomic E-state index is -3.02. The van der Waals surface area contributed by atoms with Crippen LogP contribution in [0.2, 0.25) is 0 Å². The molecule has 31 heavy (non-hydrogen) atoms. The smallest absolute Gasteiger partial charge is 0.387 e. The number of rotatable bonds is 10. The number of amides is 2. The number of carbonyl (C=O) groups is 2. The first-order valence-corrected chi connectivity index (χ1v) is 10.00. The van der Waals surface area contributed by atoms with Gasteiger partial charge in [0.1, 0.15) is 5.75 Å². The Morgan fingerprint density at radius 3 is 2.71 bits per heavy atom. The van der Waals surface area contributed by atoms with Crippen molar-refractivity contribution in [2.75, 3.05) is 5.32 Å². The highest BCUT2D eigenvalue weighted by atomic mass is 32.2. The third kappa shape index (κ3) is 5.81.